The Hall–Kier alpha value is -2.52. The van der Waals surface area contributed by atoms with Gasteiger partial charge in [0.05, 0.1) is 18.4 Å². The molecule has 1 aliphatic rings. The molecular formula is C21H21ClF3N3O2S. The van der Waals surface area contributed by atoms with Crippen LogP contribution < -0.4 is 5.32 Å². The monoisotopic (exact) mass is 471 g/mol. The summed E-state index contributed by atoms with van der Waals surface area (Å²) in [5, 5.41) is 2.76. The number of ether oxygens (including phenoxy) is 1. The van der Waals surface area contributed by atoms with Crippen LogP contribution in [0.4, 0.5) is 13.2 Å². The molecule has 1 aromatic carbocycles. The topological polar surface area (TPSA) is 63.6 Å². The van der Waals surface area contributed by atoms with Crippen LogP contribution in [0, 0.1) is 17.5 Å². The van der Waals surface area contributed by atoms with E-state index in [9.17, 15) is 18.0 Å². The van der Waals surface area contributed by atoms with E-state index in [4.69, 9.17) is 16.3 Å². The standard InChI is InChI=1S/C21H21ClF3N3O2S/c1-31(2,3)7-6-30-21(29)15-11-27-20(19-17(25)9-13(24)10-26-19)28-18(15)14-5-4-12(23)8-16(14)22/h4-5,8-11,18H,6-7H2,1-3H3,(H,27,28). The Labute approximate surface area is 184 Å². The second-order valence-electron chi connectivity index (χ2n) is 7.70. The van der Waals surface area contributed by atoms with Crippen molar-refractivity contribution in [1.82, 2.24) is 10.3 Å². The molecule has 2 heterocycles. The fourth-order valence-corrected chi connectivity index (χ4v) is 3.63. The quantitative estimate of drug-likeness (QED) is 0.636. The average Bonchev–Trinajstić information content (AvgIpc) is 2.66. The maximum Gasteiger partial charge on any atom is 0.338 e. The minimum atomic E-state index is -0.995. The van der Waals surface area contributed by atoms with Crippen molar-refractivity contribution in [1.29, 1.82) is 0 Å². The highest BCUT2D eigenvalue weighted by Gasteiger charge is 2.30. The van der Waals surface area contributed by atoms with Crippen LogP contribution in [-0.2, 0) is 9.53 Å². The lowest BCUT2D eigenvalue weighted by molar-refractivity contribution is -0.138. The van der Waals surface area contributed by atoms with Crippen molar-refractivity contribution in [3.8, 4) is 0 Å². The van der Waals surface area contributed by atoms with Crippen molar-refractivity contribution >= 4 is 33.4 Å². The van der Waals surface area contributed by atoms with Gasteiger partial charge in [-0.15, -0.1) is 0 Å². The van der Waals surface area contributed by atoms with E-state index >= 15 is 0 Å². The fourth-order valence-electron chi connectivity index (χ4n) is 2.78. The van der Waals surface area contributed by atoms with Gasteiger partial charge in [-0.2, -0.15) is 0 Å². The predicted octanol–water partition coefficient (Wildman–Crippen LogP) is 4.36. The zero-order chi connectivity index (χ0) is 22.8. The smallest absolute Gasteiger partial charge is 0.338 e. The van der Waals surface area contributed by atoms with Crippen molar-refractivity contribution < 1.29 is 22.7 Å². The molecule has 10 heteroatoms. The first kappa shape index (κ1) is 23.1. The zero-order valence-corrected chi connectivity index (χ0v) is 18.7. The molecule has 0 fully saturated rings. The van der Waals surface area contributed by atoms with E-state index in [0.29, 0.717) is 11.6 Å². The van der Waals surface area contributed by atoms with Crippen LogP contribution >= 0.6 is 21.6 Å². The summed E-state index contributed by atoms with van der Waals surface area (Å²) in [5.74, 6) is -2.25. The molecule has 3 rings (SSSR count). The van der Waals surface area contributed by atoms with Crippen LogP contribution in [0.15, 0.2) is 47.2 Å². The van der Waals surface area contributed by atoms with Crippen molar-refractivity contribution in [3.63, 3.8) is 0 Å². The fraction of sp³-hybridized carbons (Fsp3) is 0.286. The lowest BCUT2D eigenvalue weighted by Crippen LogP contribution is -2.30. The first-order valence-electron chi connectivity index (χ1n) is 9.19. The van der Waals surface area contributed by atoms with Gasteiger partial charge in [0.25, 0.3) is 0 Å². The summed E-state index contributed by atoms with van der Waals surface area (Å²) in [6, 6.07) is 3.35. The third-order valence-corrected chi connectivity index (χ3v) is 6.09. The third kappa shape index (κ3) is 5.80. The minimum Gasteiger partial charge on any atom is -0.461 e. The number of carbonyl (C=O) groups is 1. The molecule has 2 aromatic rings. The van der Waals surface area contributed by atoms with Crippen molar-refractivity contribution in [2.75, 3.05) is 31.1 Å². The molecule has 0 spiro atoms. The number of benzene rings is 1. The largest absolute Gasteiger partial charge is 0.461 e. The Morgan fingerprint density at radius 3 is 2.58 bits per heavy atom. The van der Waals surface area contributed by atoms with E-state index in [2.05, 4.69) is 34.1 Å². The normalized spacial score (nSPS) is 16.8. The summed E-state index contributed by atoms with van der Waals surface area (Å²) in [4.78, 5) is 20.9. The summed E-state index contributed by atoms with van der Waals surface area (Å²) >= 11 is 6.20. The van der Waals surface area contributed by atoms with E-state index < -0.39 is 39.5 Å². The Morgan fingerprint density at radius 2 is 1.94 bits per heavy atom. The van der Waals surface area contributed by atoms with E-state index in [0.717, 1.165) is 18.0 Å². The maximum atomic E-state index is 14.2. The number of halogens is 4. The zero-order valence-electron chi connectivity index (χ0n) is 17.1. The molecule has 1 aliphatic heterocycles. The highest BCUT2D eigenvalue weighted by atomic mass is 35.5. The summed E-state index contributed by atoms with van der Waals surface area (Å²) in [6.07, 6.45) is 8.48. The molecule has 0 saturated carbocycles. The average molecular weight is 472 g/mol. The number of pyridine rings is 1. The summed E-state index contributed by atoms with van der Waals surface area (Å²) in [6.45, 7) is 0.226. The third-order valence-electron chi connectivity index (χ3n) is 4.37. The van der Waals surface area contributed by atoms with Crippen molar-refractivity contribution in [2.24, 2.45) is 4.99 Å². The van der Waals surface area contributed by atoms with Gasteiger partial charge in [0, 0.05) is 28.6 Å². The summed E-state index contributed by atoms with van der Waals surface area (Å²) < 4.78 is 46.4. The molecule has 0 radical (unpaired) electrons. The molecule has 31 heavy (non-hydrogen) atoms. The van der Waals surface area contributed by atoms with Gasteiger partial charge in [0.1, 0.15) is 23.4 Å². The molecule has 0 aliphatic carbocycles. The lowest BCUT2D eigenvalue weighted by atomic mass is 9.98. The van der Waals surface area contributed by atoms with E-state index in [1.807, 2.05) is 0 Å². The summed E-state index contributed by atoms with van der Waals surface area (Å²) in [5.41, 5.74) is 0.211. The first-order valence-corrected chi connectivity index (χ1v) is 12.6. The number of rotatable bonds is 6. The van der Waals surface area contributed by atoms with Gasteiger partial charge in [-0.1, -0.05) is 17.7 Å². The second-order valence-corrected chi connectivity index (χ2v) is 12.7. The first-order chi connectivity index (χ1) is 14.5. The number of carbonyl (C=O) groups excluding carboxylic acids is 1. The van der Waals surface area contributed by atoms with Crippen LogP contribution in [0.2, 0.25) is 5.02 Å². The van der Waals surface area contributed by atoms with Crippen molar-refractivity contribution in [3.05, 3.63) is 76.0 Å². The molecule has 0 amide bonds. The number of amidine groups is 1. The van der Waals surface area contributed by atoms with Crippen LogP contribution in [0.3, 0.4) is 0 Å². The van der Waals surface area contributed by atoms with Gasteiger partial charge in [0.2, 0.25) is 0 Å². The Bertz CT molecular complexity index is 1070. The number of hydrogen-bond acceptors (Lipinski definition) is 5. The highest BCUT2D eigenvalue weighted by molar-refractivity contribution is 8.32. The number of nitrogens with zero attached hydrogens (tertiary/aromatic N) is 2. The number of esters is 1. The van der Waals surface area contributed by atoms with E-state index in [1.54, 1.807) is 0 Å². The molecular weight excluding hydrogens is 451 g/mol. The number of nitrogens with one attached hydrogen (secondary N) is 1. The van der Waals surface area contributed by atoms with Gasteiger partial charge in [-0.3, -0.25) is 4.99 Å². The highest BCUT2D eigenvalue weighted by Crippen LogP contribution is 2.36. The van der Waals surface area contributed by atoms with Crippen LogP contribution in [-0.4, -0.2) is 47.9 Å². The van der Waals surface area contributed by atoms with E-state index in [1.165, 1.54) is 18.3 Å². The molecule has 166 valence electrons. The van der Waals surface area contributed by atoms with E-state index in [-0.39, 0.29) is 28.7 Å². The Kier molecular flexibility index (Phi) is 6.96. The molecule has 1 aromatic heterocycles. The molecule has 0 saturated heterocycles. The summed E-state index contributed by atoms with van der Waals surface area (Å²) in [7, 11) is -0.864. The predicted molar refractivity (Wildman–Crippen MR) is 117 cm³/mol. The Balaban J connectivity index is 1.96. The molecule has 1 unspecified atom stereocenters. The molecule has 5 nitrogen and oxygen atoms in total. The molecule has 1 atom stereocenters. The van der Waals surface area contributed by atoms with Crippen LogP contribution in [0.5, 0.6) is 0 Å². The van der Waals surface area contributed by atoms with Gasteiger partial charge >= 0.3 is 5.97 Å². The Morgan fingerprint density at radius 1 is 1.19 bits per heavy atom. The number of aromatic nitrogens is 1. The molecule has 0 bridgehead atoms. The maximum absolute atomic E-state index is 14.2. The molecule has 1 N–H and O–H groups in total. The van der Waals surface area contributed by atoms with Gasteiger partial charge < -0.3 is 10.1 Å². The number of hydrogen-bond donors (Lipinski definition) is 1. The van der Waals surface area contributed by atoms with Crippen LogP contribution in [0.1, 0.15) is 17.3 Å². The van der Waals surface area contributed by atoms with Crippen LogP contribution in [0.25, 0.3) is 0 Å². The van der Waals surface area contributed by atoms with Gasteiger partial charge in [-0.05, 0) is 30.9 Å². The minimum absolute atomic E-state index is 0.0291. The SMILES string of the molecule is CS(C)(C)CCOC(=O)C1=CNC(c2ncc(F)cc2F)=NC1c1ccc(F)cc1Cl. The van der Waals surface area contributed by atoms with Crippen molar-refractivity contribution in [2.45, 2.75) is 6.04 Å². The lowest BCUT2D eigenvalue weighted by Gasteiger charge is -2.26. The number of aliphatic imine (C=N–C) groups is 1. The second kappa shape index (κ2) is 9.32. The van der Waals surface area contributed by atoms with Gasteiger partial charge in [0.15, 0.2) is 11.7 Å². The van der Waals surface area contributed by atoms with Gasteiger partial charge in [-0.25, -0.2) is 33.0 Å².